The van der Waals surface area contributed by atoms with E-state index in [1.54, 1.807) is 6.07 Å². The zero-order chi connectivity index (χ0) is 17.1. The highest BCUT2D eigenvalue weighted by atomic mass is 16.4. The summed E-state index contributed by atoms with van der Waals surface area (Å²) in [7, 11) is 2.20. The van der Waals surface area contributed by atoms with E-state index >= 15 is 0 Å². The lowest BCUT2D eigenvalue weighted by molar-refractivity contribution is 0.0696. The number of hydrogen-bond acceptors (Lipinski definition) is 5. The van der Waals surface area contributed by atoms with Gasteiger partial charge >= 0.3 is 5.97 Å². The topological polar surface area (TPSA) is 59.9 Å². The van der Waals surface area contributed by atoms with Crippen molar-refractivity contribution in [3.8, 4) is 0 Å². The maximum atomic E-state index is 10.9. The van der Waals surface area contributed by atoms with Crippen molar-refractivity contribution in [1.82, 2.24) is 14.8 Å². The number of carbonyl (C=O) groups is 1. The quantitative estimate of drug-likeness (QED) is 0.904. The van der Waals surface area contributed by atoms with E-state index in [2.05, 4.69) is 33.7 Å². The molecular weight excluding hydrogens is 304 g/mol. The molecule has 1 aromatic rings. The number of likely N-dealkylation sites (N-methyl/N-ethyl adjacent to an activating group) is 1. The summed E-state index contributed by atoms with van der Waals surface area (Å²) >= 11 is 0. The number of aromatic carboxylic acids is 1. The Balaban J connectivity index is 1.52. The number of carboxylic acid groups (broad SMARTS) is 1. The van der Waals surface area contributed by atoms with Gasteiger partial charge < -0.3 is 14.9 Å². The van der Waals surface area contributed by atoms with Crippen molar-refractivity contribution in [2.45, 2.75) is 25.8 Å². The van der Waals surface area contributed by atoms with Gasteiger partial charge in [0, 0.05) is 51.5 Å². The van der Waals surface area contributed by atoms with E-state index in [0.29, 0.717) is 6.04 Å². The molecule has 3 heterocycles. The molecule has 1 N–H and O–H groups in total. The van der Waals surface area contributed by atoms with Gasteiger partial charge in [-0.25, -0.2) is 9.78 Å². The maximum absolute atomic E-state index is 10.9. The molecule has 1 atom stereocenters. The number of hydrogen-bond donors (Lipinski definition) is 1. The highest BCUT2D eigenvalue weighted by Gasteiger charge is 2.29. The standard InChI is InChI=1S/C18H28N4O2/c1-14(21-11-9-20(2)10-12-21)15-5-7-22(8-6-15)17-4-3-16(13-19-17)18(23)24/h3-4,13-15H,5-12H2,1-2H3,(H,23,24). The first-order chi connectivity index (χ1) is 11.5. The largest absolute Gasteiger partial charge is 0.478 e. The molecule has 0 saturated carbocycles. The molecule has 0 aromatic carbocycles. The van der Waals surface area contributed by atoms with Crippen LogP contribution in [0.1, 0.15) is 30.1 Å². The summed E-state index contributed by atoms with van der Waals surface area (Å²) < 4.78 is 0. The Labute approximate surface area is 144 Å². The minimum Gasteiger partial charge on any atom is -0.478 e. The van der Waals surface area contributed by atoms with Crippen LogP contribution in [-0.4, -0.2) is 78.2 Å². The average Bonchev–Trinajstić information content (AvgIpc) is 2.62. The highest BCUT2D eigenvalue weighted by molar-refractivity contribution is 5.87. The van der Waals surface area contributed by atoms with Gasteiger partial charge in [-0.2, -0.15) is 0 Å². The fourth-order valence-electron chi connectivity index (χ4n) is 3.84. The normalized spacial score (nSPS) is 22.5. The zero-order valence-corrected chi connectivity index (χ0v) is 14.7. The predicted molar refractivity (Wildman–Crippen MR) is 94.7 cm³/mol. The fourth-order valence-corrected chi connectivity index (χ4v) is 3.84. The third kappa shape index (κ3) is 3.87. The number of nitrogens with zero attached hydrogens (tertiary/aromatic N) is 4. The summed E-state index contributed by atoms with van der Waals surface area (Å²) in [6, 6.07) is 4.11. The molecule has 2 fully saturated rings. The molecule has 0 amide bonds. The number of piperazine rings is 1. The van der Waals surface area contributed by atoms with Crippen molar-refractivity contribution in [3.05, 3.63) is 23.9 Å². The van der Waals surface area contributed by atoms with Gasteiger partial charge in [0.2, 0.25) is 0 Å². The molecule has 24 heavy (non-hydrogen) atoms. The SMILES string of the molecule is CC(C1CCN(c2ccc(C(=O)O)cn2)CC1)N1CCN(C)CC1. The molecule has 0 spiro atoms. The summed E-state index contributed by atoms with van der Waals surface area (Å²) in [6.07, 6.45) is 3.81. The molecule has 6 heteroatoms. The van der Waals surface area contributed by atoms with Crippen LogP contribution in [0, 0.1) is 5.92 Å². The van der Waals surface area contributed by atoms with Gasteiger partial charge in [-0.1, -0.05) is 0 Å². The van der Waals surface area contributed by atoms with Crippen molar-refractivity contribution in [1.29, 1.82) is 0 Å². The van der Waals surface area contributed by atoms with Crippen LogP contribution in [0.4, 0.5) is 5.82 Å². The molecule has 1 aromatic heterocycles. The lowest BCUT2D eigenvalue weighted by Crippen LogP contribution is -2.51. The van der Waals surface area contributed by atoms with Gasteiger partial charge in [-0.3, -0.25) is 4.90 Å². The Bertz CT molecular complexity index is 547. The molecule has 3 rings (SSSR count). The average molecular weight is 332 g/mol. The Kier molecular flexibility index (Phi) is 5.36. The third-order valence-electron chi connectivity index (χ3n) is 5.65. The van der Waals surface area contributed by atoms with Crippen molar-refractivity contribution in [2.75, 3.05) is 51.2 Å². The minimum absolute atomic E-state index is 0.248. The number of pyridine rings is 1. The van der Waals surface area contributed by atoms with E-state index in [9.17, 15) is 4.79 Å². The second-order valence-corrected chi connectivity index (χ2v) is 7.11. The maximum Gasteiger partial charge on any atom is 0.337 e. The molecule has 1 unspecified atom stereocenters. The summed E-state index contributed by atoms with van der Waals surface area (Å²) in [5.74, 6) is 0.711. The van der Waals surface area contributed by atoms with E-state index in [0.717, 1.165) is 24.8 Å². The van der Waals surface area contributed by atoms with E-state index in [1.165, 1.54) is 45.2 Å². The van der Waals surface area contributed by atoms with Gasteiger partial charge in [-0.05, 0) is 44.9 Å². The number of piperidine rings is 1. The van der Waals surface area contributed by atoms with Crippen molar-refractivity contribution in [3.63, 3.8) is 0 Å². The van der Waals surface area contributed by atoms with Crippen LogP contribution in [-0.2, 0) is 0 Å². The number of anilines is 1. The minimum atomic E-state index is -0.922. The lowest BCUT2D eigenvalue weighted by atomic mass is 9.89. The first kappa shape index (κ1) is 17.2. The second kappa shape index (κ2) is 7.49. The van der Waals surface area contributed by atoms with Crippen LogP contribution in [0.3, 0.4) is 0 Å². The molecule has 0 radical (unpaired) electrons. The van der Waals surface area contributed by atoms with E-state index in [-0.39, 0.29) is 5.56 Å². The van der Waals surface area contributed by atoms with Gasteiger partial charge in [0.05, 0.1) is 5.56 Å². The molecule has 2 saturated heterocycles. The second-order valence-electron chi connectivity index (χ2n) is 7.11. The van der Waals surface area contributed by atoms with Crippen molar-refractivity contribution >= 4 is 11.8 Å². The Hall–Kier alpha value is -1.66. The van der Waals surface area contributed by atoms with Crippen molar-refractivity contribution in [2.24, 2.45) is 5.92 Å². The summed E-state index contributed by atoms with van der Waals surface area (Å²) in [5, 5.41) is 8.96. The molecule has 2 aliphatic rings. The molecule has 6 nitrogen and oxygen atoms in total. The smallest absolute Gasteiger partial charge is 0.337 e. The molecule has 0 aliphatic carbocycles. The third-order valence-corrected chi connectivity index (χ3v) is 5.65. The Morgan fingerprint density at radius 1 is 1.17 bits per heavy atom. The van der Waals surface area contributed by atoms with Crippen LogP contribution >= 0.6 is 0 Å². The van der Waals surface area contributed by atoms with E-state index in [1.807, 2.05) is 6.07 Å². The van der Waals surface area contributed by atoms with Gasteiger partial charge in [0.25, 0.3) is 0 Å². The Morgan fingerprint density at radius 3 is 2.38 bits per heavy atom. The summed E-state index contributed by atoms with van der Waals surface area (Å²) in [4.78, 5) is 22.6. The van der Waals surface area contributed by atoms with Crippen LogP contribution in [0.5, 0.6) is 0 Å². The summed E-state index contributed by atoms with van der Waals surface area (Å²) in [6.45, 7) is 9.08. The van der Waals surface area contributed by atoms with Crippen LogP contribution in [0.2, 0.25) is 0 Å². The van der Waals surface area contributed by atoms with Crippen LogP contribution in [0.25, 0.3) is 0 Å². The first-order valence-electron chi connectivity index (χ1n) is 8.91. The van der Waals surface area contributed by atoms with Crippen molar-refractivity contribution < 1.29 is 9.90 Å². The van der Waals surface area contributed by atoms with Crippen LogP contribution < -0.4 is 4.90 Å². The summed E-state index contributed by atoms with van der Waals surface area (Å²) in [5.41, 5.74) is 0.248. The van der Waals surface area contributed by atoms with Gasteiger partial charge in [0.1, 0.15) is 5.82 Å². The van der Waals surface area contributed by atoms with E-state index in [4.69, 9.17) is 5.11 Å². The zero-order valence-electron chi connectivity index (χ0n) is 14.7. The van der Waals surface area contributed by atoms with E-state index < -0.39 is 5.97 Å². The molecule has 2 aliphatic heterocycles. The van der Waals surface area contributed by atoms with Gasteiger partial charge in [0.15, 0.2) is 0 Å². The number of carboxylic acids is 1. The van der Waals surface area contributed by atoms with Gasteiger partial charge in [-0.15, -0.1) is 0 Å². The van der Waals surface area contributed by atoms with Crippen LogP contribution in [0.15, 0.2) is 18.3 Å². The first-order valence-corrected chi connectivity index (χ1v) is 8.91. The number of rotatable bonds is 4. The monoisotopic (exact) mass is 332 g/mol. The number of aromatic nitrogens is 1. The molecular formula is C18H28N4O2. The predicted octanol–water partition coefficient (Wildman–Crippen LogP) is 1.63. The Morgan fingerprint density at radius 2 is 1.83 bits per heavy atom. The molecule has 132 valence electrons. The molecule has 0 bridgehead atoms. The fraction of sp³-hybridized carbons (Fsp3) is 0.667. The highest BCUT2D eigenvalue weighted by Crippen LogP contribution is 2.27. The lowest BCUT2D eigenvalue weighted by Gasteiger charge is -2.42.